The van der Waals surface area contributed by atoms with Crippen molar-refractivity contribution < 1.29 is 9.90 Å². The van der Waals surface area contributed by atoms with E-state index < -0.39 is 6.10 Å². The third kappa shape index (κ3) is 3.01. The first-order valence-electron chi connectivity index (χ1n) is 1.88. The molecule has 0 radical (unpaired) electrons. The maximum Gasteiger partial charge on any atom is 0.149 e. The summed E-state index contributed by atoms with van der Waals surface area (Å²) in [5, 5.41) is 8.35. The molecule has 0 aromatic rings. The molecular weight excluding hydrogens is 92.1 g/mol. The summed E-state index contributed by atoms with van der Waals surface area (Å²) in [4.78, 5) is 9.55. The molecule has 7 heavy (non-hydrogen) atoms. The number of carbonyl (C=O) groups is 1. The molecule has 1 atom stereocenters. The zero-order chi connectivity index (χ0) is 5.70. The molecule has 0 spiro atoms. The van der Waals surface area contributed by atoms with Crippen molar-refractivity contribution >= 4 is 6.29 Å². The molecular formula is C5H6O2. The summed E-state index contributed by atoms with van der Waals surface area (Å²) in [5.41, 5.74) is 0. The van der Waals surface area contributed by atoms with Gasteiger partial charge in [-0.05, 0) is 0 Å². The number of aldehydes is 1. The van der Waals surface area contributed by atoms with Crippen LogP contribution >= 0.6 is 0 Å². The largest absolute Gasteiger partial charge is 0.385 e. The molecule has 0 aliphatic carbocycles. The molecule has 0 fully saturated rings. The summed E-state index contributed by atoms with van der Waals surface area (Å²) in [7, 11) is 0. The fraction of sp³-hybridized carbons (Fsp3) is 0.400. The minimum absolute atomic E-state index is 0.115. The van der Waals surface area contributed by atoms with Crippen LogP contribution in [0, 0.1) is 12.3 Å². The second-order valence-electron chi connectivity index (χ2n) is 1.11. The average Bonchev–Trinajstić information content (AvgIpc) is 1.68. The second kappa shape index (κ2) is 3.38. The maximum absolute atomic E-state index is 9.55. The Morgan fingerprint density at radius 1 is 2.00 bits per heavy atom. The highest BCUT2D eigenvalue weighted by atomic mass is 16.3. The predicted octanol–water partition coefficient (Wildman–Crippen LogP) is -0.431. The van der Waals surface area contributed by atoms with Gasteiger partial charge in [0.25, 0.3) is 0 Å². The Hall–Kier alpha value is -0.810. The van der Waals surface area contributed by atoms with E-state index in [0.29, 0.717) is 6.29 Å². The highest BCUT2D eigenvalue weighted by molar-refractivity contribution is 5.55. The van der Waals surface area contributed by atoms with Crippen molar-refractivity contribution in [1.29, 1.82) is 0 Å². The minimum atomic E-state index is -0.968. The number of rotatable bonds is 2. The fourth-order valence-electron chi connectivity index (χ4n) is 0.169. The molecule has 1 unspecified atom stereocenters. The van der Waals surface area contributed by atoms with E-state index in [2.05, 4.69) is 5.92 Å². The quantitative estimate of drug-likeness (QED) is 0.376. The molecule has 38 valence electrons. The summed E-state index contributed by atoms with van der Waals surface area (Å²) >= 11 is 0. The lowest BCUT2D eigenvalue weighted by Crippen LogP contribution is -2.04. The lowest BCUT2D eigenvalue weighted by molar-refractivity contribution is -0.114. The van der Waals surface area contributed by atoms with Crippen LogP contribution in [-0.2, 0) is 4.79 Å². The summed E-state index contributed by atoms with van der Waals surface area (Å²) in [5.74, 6) is 2.14. The lowest BCUT2D eigenvalue weighted by Gasteiger charge is -1.89. The lowest BCUT2D eigenvalue weighted by atomic mass is 10.3. The number of aliphatic hydroxyl groups is 1. The molecule has 2 nitrogen and oxygen atoms in total. The number of terminal acetylenes is 1. The standard InChI is InChI=1S/C5H6O2/c1-2-3-5(7)4-6/h1,4-5,7H,3H2. The summed E-state index contributed by atoms with van der Waals surface area (Å²) in [6.07, 6.45) is 4.30. The van der Waals surface area contributed by atoms with Gasteiger partial charge in [-0.25, -0.2) is 0 Å². The predicted molar refractivity (Wildman–Crippen MR) is 25.5 cm³/mol. The molecule has 0 aromatic heterocycles. The molecule has 0 rings (SSSR count). The molecule has 0 saturated carbocycles. The van der Waals surface area contributed by atoms with Crippen LogP contribution in [0.5, 0.6) is 0 Å². The van der Waals surface area contributed by atoms with Crippen LogP contribution in [0.3, 0.4) is 0 Å². The van der Waals surface area contributed by atoms with Gasteiger partial charge >= 0.3 is 0 Å². The van der Waals surface area contributed by atoms with Crippen LogP contribution in [0.4, 0.5) is 0 Å². The van der Waals surface area contributed by atoms with Crippen molar-refractivity contribution in [2.75, 3.05) is 0 Å². The molecule has 0 aromatic carbocycles. The van der Waals surface area contributed by atoms with Crippen LogP contribution in [0.1, 0.15) is 6.42 Å². The van der Waals surface area contributed by atoms with Gasteiger partial charge in [-0.2, -0.15) is 0 Å². The highest BCUT2D eigenvalue weighted by Gasteiger charge is 1.93. The normalized spacial score (nSPS) is 12.0. The van der Waals surface area contributed by atoms with Crippen LogP contribution < -0.4 is 0 Å². The van der Waals surface area contributed by atoms with Gasteiger partial charge in [0.1, 0.15) is 12.4 Å². The Morgan fingerprint density at radius 2 is 2.57 bits per heavy atom. The van der Waals surface area contributed by atoms with Crippen molar-refractivity contribution in [2.24, 2.45) is 0 Å². The molecule has 0 bridgehead atoms. The number of aliphatic hydroxyl groups excluding tert-OH is 1. The Bertz CT molecular complexity index is 90.7. The van der Waals surface area contributed by atoms with Crippen LogP contribution in [-0.4, -0.2) is 17.5 Å². The maximum atomic E-state index is 9.55. The number of hydrogen-bond donors (Lipinski definition) is 1. The van der Waals surface area contributed by atoms with E-state index >= 15 is 0 Å². The second-order valence-corrected chi connectivity index (χ2v) is 1.11. The SMILES string of the molecule is C#CCC(O)C=O. The minimum Gasteiger partial charge on any atom is -0.385 e. The Balaban J connectivity index is 3.21. The zero-order valence-electron chi connectivity index (χ0n) is 3.79. The molecule has 0 aliphatic rings. The van der Waals surface area contributed by atoms with E-state index in [0.717, 1.165) is 0 Å². The number of hydrogen-bond acceptors (Lipinski definition) is 2. The van der Waals surface area contributed by atoms with Crippen molar-refractivity contribution in [1.82, 2.24) is 0 Å². The first-order chi connectivity index (χ1) is 3.31. The third-order valence-corrected chi connectivity index (χ3v) is 0.484. The van der Waals surface area contributed by atoms with Crippen molar-refractivity contribution in [2.45, 2.75) is 12.5 Å². The molecule has 0 saturated heterocycles. The Labute approximate surface area is 42.2 Å². The van der Waals surface area contributed by atoms with E-state index in [1.165, 1.54) is 0 Å². The fourth-order valence-corrected chi connectivity index (χ4v) is 0.169. The summed E-state index contributed by atoms with van der Waals surface area (Å²) < 4.78 is 0. The summed E-state index contributed by atoms with van der Waals surface area (Å²) in [6, 6.07) is 0. The van der Waals surface area contributed by atoms with Crippen LogP contribution in [0.2, 0.25) is 0 Å². The van der Waals surface area contributed by atoms with Gasteiger partial charge in [-0.3, -0.25) is 0 Å². The van der Waals surface area contributed by atoms with Gasteiger partial charge in [0.2, 0.25) is 0 Å². The van der Waals surface area contributed by atoms with Crippen LogP contribution in [0.15, 0.2) is 0 Å². The summed E-state index contributed by atoms with van der Waals surface area (Å²) in [6.45, 7) is 0. The molecule has 1 N–H and O–H groups in total. The Kier molecular flexibility index (Phi) is 2.99. The molecule has 0 aliphatic heterocycles. The zero-order valence-corrected chi connectivity index (χ0v) is 3.79. The van der Waals surface area contributed by atoms with Gasteiger partial charge < -0.3 is 9.90 Å². The van der Waals surface area contributed by atoms with Gasteiger partial charge in [0.05, 0.1) is 0 Å². The van der Waals surface area contributed by atoms with E-state index in [1.54, 1.807) is 0 Å². The van der Waals surface area contributed by atoms with Gasteiger partial charge in [-0.15, -0.1) is 12.3 Å². The smallest absolute Gasteiger partial charge is 0.149 e. The first-order valence-corrected chi connectivity index (χ1v) is 1.88. The van der Waals surface area contributed by atoms with Crippen molar-refractivity contribution in [3.05, 3.63) is 0 Å². The average molecular weight is 98.1 g/mol. The monoisotopic (exact) mass is 98.0 g/mol. The molecule has 0 heterocycles. The topological polar surface area (TPSA) is 37.3 Å². The molecule has 2 heteroatoms. The van der Waals surface area contributed by atoms with Crippen LogP contribution in [0.25, 0.3) is 0 Å². The van der Waals surface area contributed by atoms with Crippen molar-refractivity contribution in [3.8, 4) is 12.3 Å². The van der Waals surface area contributed by atoms with Gasteiger partial charge in [-0.1, -0.05) is 0 Å². The molecule has 0 amide bonds. The van der Waals surface area contributed by atoms with E-state index in [4.69, 9.17) is 11.5 Å². The van der Waals surface area contributed by atoms with Gasteiger partial charge in [0, 0.05) is 6.42 Å². The Morgan fingerprint density at radius 3 is 2.71 bits per heavy atom. The van der Waals surface area contributed by atoms with Crippen molar-refractivity contribution in [3.63, 3.8) is 0 Å². The third-order valence-electron chi connectivity index (χ3n) is 0.484. The van der Waals surface area contributed by atoms with E-state index in [1.807, 2.05) is 0 Å². The first kappa shape index (κ1) is 6.19. The van der Waals surface area contributed by atoms with E-state index in [-0.39, 0.29) is 6.42 Å². The highest BCUT2D eigenvalue weighted by Crippen LogP contribution is 1.80. The van der Waals surface area contributed by atoms with E-state index in [9.17, 15) is 4.79 Å². The van der Waals surface area contributed by atoms with Gasteiger partial charge in [0.15, 0.2) is 0 Å². The number of carbonyl (C=O) groups excluding carboxylic acids is 1.